The van der Waals surface area contributed by atoms with Crippen molar-refractivity contribution in [3.8, 4) is 0 Å². The molecule has 1 aliphatic heterocycles. The Hall–Kier alpha value is -1.86. The van der Waals surface area contributed by atoms with Crippen molar-refractivity contribution in [2.75, 3.05) is 25.5 Å². The Balaban J connectivity index is 1.90. The van der Waals surface area contributed by atoms with Gasteiger partial charge in [-0.15, -0.1) is 10.2 Å². The predicted octanol–water partition coefficient (Wildman–Crippen LogP) is 3.08. The minimum absolute atomic E-state index is 0.0622. The Bertz CT molecular complexity index is 1020. The minimum atomic E-state index is -3.89. The zero-order valence-electron chi connectivity index (χ0n) is 19.4. The van der Waals surface area contributed by atoms with Crippen molar-refractivity contribution in [1.82, 2.24) is 24.7 Å². The van der Waals surface area contributed by atoms with Crippen LogP contribution in [0.5, 0.6) is 0 Å². The fourth-order valence-electron chi connectivity index (χ4n) is 3.70. The van der Waals surface area contributed by atoms with Crippen molar-refractivity contribution in [1.29, 1.82) is 0 Å². The molecule has 1 saturated heterocycles. The van der Waals surface area contributed by atoms with Crippen LogP contribution in [0, 0.1) is 0 Å². The third-order valence-electron chi connectivity index (χ3n) is 5.85. The van der Waals surface area contributed by atoms with Crippen LogP contribution in [-0.2, 0) is 24.2 Å². The van der Waals surface area contributed by atoms with Gasteiger partial charge in [-0.25, -0.2) is 18.4 Å². The fraction of sp³-hybridized carbons (Fsp3) is 0.700. The lowest BCUT2D eigenvalue weighted by Crippen LogP contribution is -2.32. The van der Waals surface area contributed by atoms with Gasteiger partial charge in [0.1, 0.15) is 18.2 Å². The Morgan fingerprint density at radius 2 is 1.94 bits per heavy atom. The molecule has 1 fully saturated rings. The van der Waals surface area contributed by atoms with Crippen molar-refractivity contribution in [3.63, 3.8) is 0 Å². The Morgan fingerprint density at radius 1 is 1.24 bits per heavy atom. The number of anilines is 1. The number of hydrogen-bond acceptors (Lipinski definition) is 9. The molecule has 0 aromatic carbocycles. The highest BCUT2D eigenvalue weighted by Gasteiger charge is 2.35. The number of methoxy groups -OCH3 is 2. The average molecular weight is 503 g/mol. The molecule has 1 aliphatic rings. The lowest BCUT2D eigenvalue weighted by Gasteiger charge is -2.24. The summed E-state index contributed by atoms with van der Waals surface area (Å²) < 4.78 is 47.6. The minimum Gasteiger partial charge on any atom is -0.385 e. The van der Waals surface area contributed by atoms with Crippen molar-refractivity contribution in [3.05, 3.63) is 29.1 Å². The second-order valence-corrected chi connectivity index (χ2v) is 10.6. The summed E-state index contributed by atoms with van der Waals surface area (Å²) in [6.07, 6.45) is 4.23. The molecule has 0 aliphatic carbocycles. The SMILES string of the molecule is COCCC(OC)n1c(NS(=O)(=O)[C@@H](C)[C@H](C)c2ncc(Cl)cn2)nnc1[C@H]1CC[C@@H](C)O1. The molecule has 0 saturated carbocycles. The number of halogens is 1. The molecule has 3 heterocycles. The zero-order chi connectivity index (χ0) is 24.2. The summed E-state index contributed by atoms with van der Waals surface area (Å²) in [4.78, 5) is 8.31. The van der Waals surface area contributed by atoms with Crippen LogP contribution in [0.15, 0.2) is 12.4 Å². The molecule has 1 unspecified atom stereocenters. The molecule has 2 aromatic heterocycles. The van der Waals surface area contributed by atoms with E-state index < -0.39 is 27.4 Å². The summed E-state index contributed by atoms with van der Waals surface area (Å²) in [5, 5.41) is 7.93. The van der Waals surface area contributed by atoms with Gasteiger partial charge in [0.05, 0.1) is 23.0 Å². The first-order valence-electron chi connectivity index (χ1n) is 10.8. The zero-order valence-corrected chi connectivity index (χ0v) is 21.0. The first-order chi connectivity index (χ1) is 15.7. The number of hydrogen-bond donors (Lipinski definition) is 1. The van der Waals surface area contributed by atoms with E-state index in [9.17, 15) is 8.42 Å². The highest BCUT2D eigenvalue weighted by atomic mass is 35.5. The second kappa shape index (κ2) is 11.0. The molecule has 33 heavy (non-hydrogen) atoms. The molecule has 2 aromatic rings. The highest BCUT2D eigenvalue weighted by Crippen LogP contribution is 2.35. The summed E-state index contributed by atoms with van der Waals surface area (Å²) in [5.74, 6) is 0.456. The number of sulfonamides is 1. The summed E-state index contributed by atoms with van der Waals surface area (Å²) in [5.41, 5.74) is 0. The number of aromatic nitrogens is 5. The Kier molecular flexibility index (Phi) is 8.62. The van der Waals surface area contributed by atoms with E-state index in [-0.39, 0.29) is 18.2 Å². The van der Waals surface area contributed by atoms with Gasteiger partial charge >= 0.3 is 0 Å². The predicted molar refractivity (Wildman–Crippen MR) is 123 cm³/mol. The van der Waals surface area contributed by atoms with Gasteiger partial charge in [-0.1, -0.05) is 18.5 Å². The van der Waals surface area contributed by atoms with Crippen molar-refractivity contribution in [2.45, 2.75) is 69.6 Å². The average Bonchev–Trinajstić information content (AvgIpc) is 3.40. The number of ether oxygens (including phenoxy) is 3. The van der Waals surface area contributed by atoms with Crippen LogP contribution < -0.4 is 4.72 Å². The van der Waals surface area contributed by atoms with Crippen LogP contribution >= 0.6 is 11.6 Å². The number of nitrogens with zero attached hydrogens (tertiary/aromatic N) is 5. The maximum absolute atomic E-state index is 13.3. The first kappa shape index (κ1) is 25.8. The third-order valence-corrected chi connectivity index (χ3v) is 7.90. The topological polar surface area (TPSA) is 130 Å². The van der Waals surface area contributed by atoms with E-state index in [1.807, 2.05) is 6.92 Å². The van der Waals surface area contributed by atoms with Crippen molar-refractivity contribution >= 4 is 27.6 Å². The van der Waals surface area contributed by atoms with Gasteiger partial charge in [0.15, 0.2) is 5.82 Å². The molecule has 3 rings (SSSR count). The molecule has 0 spiro atoms. The molecule has 1 N–H and O–H groups in total. The lowest BCUT2D eigenvalue weighted by atomic mass is 10.1. The van der Waals surface area contributed by atoms with E-state index in [0.717, 1.165) is 12.8 Å². The summed E-state index contributed by atoms with van der Waals surface area (Å²) >= 11 is 5.85. The molecule has 13 heteroatoms. The Morgan fingerprint density at radius 3 is 2.52 bits per heavy atom. The monoisotopic (exact) mass is 502 g/mol. The van der Waals surface area contributed by atoms with Gasteiger partial charge in [0.25, 0.3) is 0 Å². The van der Waals surface area contributed by atoms with Crippen LogP contribution in [0.25, 0.3) is 0 Å². The largest absolute Gasteiger partial charge is 0.385 e. The van der Waals surface area contributed by atoms with E-state index in [4.69, 9.17) is 25.8 Å². The summed E-state index contributed by atoms with van der Waals surface area (Å²) in [6, 6.07) is 0. The molecule has 5 atom stereocenters. The maximum Gasteiger partial charge on any atom is 0.240 e. The standard InChI is InChI=1S/C20H31ClN6O5S/c1-12-6-7-16(32-12)19-24-25-20(27(19)17(31-5)8-9-30-4)26-33(28,29)14(3)13(2)18-22-10-15(21)11-23-18/h10-14,16-17H,6-9H2,1-5H3,(H,25,26)/t12-,13+,14+,16-,17?/m1/s1. The van der Waals surface area contributed by atoms with Crippen LogP contribution in [0.4, 0.5) is 5.95 Å². The molecular formula is C20H31ClN6O5S. The van der Waals surface area contributed by atoms with Crippen LogP contribution in [0.2, 0.25) is 5.02 Å². The van der Waals surface area contributed by atoms with Gasteiger partial charge in [-0.3, -0.25) is 9.29 Å². The Labute approximate surface area is 199 Å². The summed E-state index contributed by atoms with van der Waals surface area (Å²) in [6.45, 7) is 5.73. The first-order valence-corrected chi connectivity index (χ1v) is 12.7. The summed E-state index contributed by atoms with van der Waals surface area (Å²) in [7, 11) is -0.755. The molecule has 184 valence electrons. The van der Waals surface area contributed by atoms with Crippen molar-refractivity contribution in [2.24, 2.45) is 0 Å². The molecular weight excluding hydrogens is 472 g/mol. The van der Waals surface area contributed by atoms with E-state index in [1.165, 1.54) is 12.4 Å². The maximum atomic E-state index is 13.3. The number of nitrogens with one attached hydrogen (secondary N) is 1. The van der Waals surface area contributed by atoms with E-state index in [0.29, 0.717) is 29.7 Å². The highest BCUT2D eigenvalue weighted by molar-refractivity contribution is 7.93. The second-order valence-electron chi connectivity index (χ2n) is 8.14. The molecule has 0 amide bonds. The van der Waals surface area contributed by atoms with E-state index >= 15 is 0 Å². The van der Waals surface area contributed by atoms with Crippen LogP contribution in [-0.4, -0.2) is 65.3 Å². The van der Waals surface area contributed by atoms with Gasteiger partial charge < -0.3 is 14.2 Å². The molecule has 11 nitrogen and oxygen atoms in total. The normalized spacial score (nSPS) is 21.6. The lowest BCUT2D eigenvalue weighted by molar-refractivity contribution is 0.00194. The van der Waals surface area contributed by atoms with Gasteiger partial charge in [0.2, 0.25) is 16.0 Å². The van der Waals surface area contributed by atoms with Crippen molar-refractivity contribution < 1.29 is 22.6 Å². The van der Waals surface area contributed by atoms with Crippen LogP contribution in [0.1, 0.15) is 69.9 Å². The smallest absolute Gasteiger partial charge is 0.240 e. The fourth-order valence-corrected chi connectivity index (χ4v) is 5.03. The van der Waals surface area contributed by atoms with Gasteiger partial charge in [-0.05, 0) is 26.7 Å². The van der Waals surface area contributed by atoms with Gasteiger partial charge in [-0.2, -0.15) is 0 Å². The van der Waals surface area contributed by atoms with E-state index in [2.05, 4.69) is 24.9 Å². The van der Waals surface area contributed by atoms with Gasteiger partial charge in [0, 0.05) is 39.0 Å². The molecule has 0 radical (unpaired) electrons. The molecule has 0 bridgehead atoms. The third kappa shape index (κ3) is 5.99. The quantitative estimate of drug-likeness (QED) is 0.492. The van der Waals surface area contributed by atoms with E-state index in [1.54, 1.807) is 32.6 Å². The number of rotatable bonds is 11. The van der Waals surface area contributed by atoms with Crippen LogP contribution in [0.3, 0.4) is 0 Å².